The summed E-state index contributed by atoms with van der Waals surface area (Å²) in [6.07, 6.45) is 4.42. The molecule has 0 spiro atoms. The van der Waals surface area contributed by atoms with Gasteiger partial charge in [0.15, 0.2) is 0 Å². The number of carbonyl (C=O) groups is 1. The second-order valence-electron chi connectivity index (χ2n) is 6.15. The lowest BCUT2D eigenvalue weighted by Gasteiger charge is -2.25. The molecular formula is C21H17FN2O2. The molecule has 1 amide bonds. The Bertz CT molecular complexity index is 946. The van der Waals surface area contributed by atoms with E-state index in [1.165, 1.54) is 24.3 Å². The van der Waals surface area contributed by atoms with E-state index in [9.17, 15) is 9.18 Å². The summed E-state index contributed by atoms with van der Waals surface area (Å²) < 4.78 is 18.8. The van der Waals surface area contributed by atoms with Gasteiger partial charge in [-0.15, -0.1) is 0 Å². The van der Waals surface area contributed by atoms with Gasteiger partial charge < -0.3 is 9.32 Å². The number of oxazole rings is 1. The van der Waals surface area contributed by atoms with Crippen LogP contribution in [0.4, 0.5) is 4.39 Å². The SMILES string of the molecule is O=C(c1ccc(F)cc1)N1CCc2nc(/C=C/c3ccccc3)oc2C1. The molecule has 0 radical (unpaired) electrons. The molecule has 130 valence electrons. The first-order valence-corrected chi connectivity index (χ1v) is 8.45. The van der Waals surface area contributed by atoms with Gasteiger partial charge in [0.1, 0.15) is 11.6 Å². The van der Waals surface area contributed by atoms with E-state index in [1.54, 1.807) is 4.90 Å². The number of carbonyl (C=O) groups excluding carboxylic acids is 1. The van der Waals surface area contributed by atoms with Crippen molar-refractivity contribution in [3.05, 3.63) is 88.9 Å². The van der Waals surface area contributed by atoms with E-state index >= 15 is 0 Å². The van der Waals surface area contributed by atoms with Crippen molar-refractivity contribution in [2.45, 2.75) is 13.0 Å². The number of hydrogen-bond acceptors (Lipinski definition) is 3. The fraction of sp³-hybridized carbons (Fsp3) is 0.143. The van der Waals surface area contributed by atoms with Gasteiger partial charge in [-0.1, -0.05) is 30.3 Å². The Balaban J connectivity index is 1.49. The largest absolute Gasteiger partial charge is 0.440 e. The van der Waals surface area contributed by atoms with Crippen molar-refractivity contribution in [2.75, 3.05) is 6.54 Å². The van der Waals surface area contributed by atoms with Crippen LogP contribution in [0.25, 0.3) is 12.2 Å². The summed E-state index contributed by atoms with van der Waals surface area (Å²) in [6, 6.07) is 15.5. The number of halogens is 1. The van der Waals surface area contributed by atoms with Gasteiger partial charge in [0.05, 0.1) is 12.2 Å². The number of aromatic nitrogens is 1. The Hall–Kier alpha value is -3.21. The van der Waals surface area contributed by atoms with E-state index in [0.717, 1.165) is 11.3 Å². The third kappa shape index (κ3) is 3.42. The molecule has 3 aromatic rings. The fourth-order valence-corrected chi connectivity index (χ4v) is 2.97. The first kappa shape index (κ1) is 16.3. The molecule has 0 unspecified atom stereocenters. The van der Waals surface area contributed by atoms with Crippen LogP contribution in [0.3, 0.4) is 0 Å². The van der Waals surface area contributed by atoms with Gasteiger partial charge in [-0.3, -0.25) is 4.79 Å². The van der Waals surface area contributed by atoms with Crippen LogP contribution in [0.5, 0.6) is 0 Å². The van der Waals surface area contributed by atoms with E-state index < -0.39 is 0 Å². The third-order valence-corrected chi connectivity index (χ3v) is 4.34. The second kappa shape index (κ2) is 6.96. The van der Waals surface area contributed by atoms with Crippen LogP contribution in [0.15, 0.2) is 59.0 Å². The standard InChI is InChI=1S/C21H17FN2O2/c22-17-9-7-16(8-10-17)21(25)24-13-12-18-19(14-24)26-20(23-18)11-6-15-4-2-1-3-5-15/h1-11H,12-14H2/b11-6+. The van der Waals surface area contributed by atoms with Gasteiger partial charge in [0.25, 0.3) is 5.91 Å². The summed E-state index contributed by atoms with van der Waals surface area (Å²) in [4.78, 5) is 18.8. The molecule has 26 heavy (non-hydrogen) atoms. The Morgan fingerprint density at radius 2 is 1.85 bits per heavy atom. The van der Waals surface area contributed by atoms with Crippen molar-refractivity contribution in [1.29, 1.82) is 0 Å². The number of fused-ring (bicyclic) bond motifs is 1. The second-order valence-corrected chi connectivity index (χ2v) is 6.15. The van der Waals surface area contributed by atoms with Crippen LogP contribution in [-0.2, 0) is 13.0 Å². The lowest BCUT2D eigenvalue weighted by atomic mass is 10.1. The summed E-state index contributed by atoms with van der Waals surface area (Å²) in [5, 5.41) is 0. The van der Waals surface area contributed by atoms with Gasteiger partial charge in [0.2, 0.25) is 5.89 Å². The quantitative estimate of drug-likeness (QED) is 0.713. The molecule has 5 heteroatoms. The van der Waals surface area contributed by atoms with Crippen molar-refractivity contribution >= 4 is 18.1 Å². The lowest BCUT2D eigenvalue weighted by molar-refractivity contribution is 0.0719. The molecule has 0 N–H and O–H groups in total. The fourth-order valence-electron chi connectivity index (χ4n) is 2.97. The zero-order chi connectivity index (χ0) is 17.9. The molecular weight excluding hydrogens is 331 g/mol. The highest BCUT2D eigenvalue weighted by molar-refractivity contribution is 5.94. The Morgan fingerprint density at radius 1 is 1.08 bits per heavy atom. The lowest BCUT2D eigenvalue weighted by Crippen LogP contribution is -2.35. The number of benzene rings is 2. The summed E-state index contributed by atoms with van der Waals surface area (Å²) in [6.45, 7) is 0.940. The minimum Gasteiger partial charge on any atom is -0.440 e. The number of rotatable bonds is 3. The van der Waals surface area contributed by atoms with Gasteiger partial charge in [0, 0.05) is 24.6 Å². The van der Waals surface area contributed by atoms with Crippen molar-refractivity contribution < 1.29 is 13.6 Å². The molecule has 0 saturated carbocycles. The maximum Gasteiger partial charge on any atom is 0.254 e. The van der Waals surface area contributed by atoms with Gasteiger partial charge >= 0.3 is 0 Å². The molecule has 1 aromatic heterocycles. The number of hydrogen-bond donors (Lipinski definition) is 0. The summed E-state index contributed by atoms with van der Waals surface area (Å²) in [7, 11) is 0. The zero-order valence-electron chi connectivity index (χ0n) is 14.1. The van der Waals surface area contributed by atoms with Gasteiger partial charge in [-0.05, 0) is 35.9 Å². The van der Waals surface area contributed by atoms with Crippen LogP contribution in [0.2, 0.25) is 0 Å². The topological polar surface area (TPSA) is 46.3 Å². The average Bonchev–Trinajstić information content (AvgIpc) is 3.09. The monoisotopic (exact) mass is 348 g/mol. The summed E-state index contributed by atoms with van der Waals surface area (Å²) in [5.74, 6) is 0.760. The van der Waals surface area contributed by atoms with Crippen LogP contribution in [-0.4, -0.2) is 22.3 Å². The summed E-state index contributed by atoms with van der Waals surface area (Å²) in [5.41, 5.74) is 2.43. The molecule has 0 atom stereocenters. The Kier molecular flexibility index (Phi) is 4.35. The maximum absolute atomic E-state index is 13.0. The van der Waals surface area contributed by atoms with E-state index in [1.807, 2.05) is 42.5 Å². The Labute approximate surface area is 150 Å². The van der Waals surface area contributed by atoms with Crippen molar-refractivity contribution in [2.24, 2.45) is 0 Å². The molecule has 2 aromatic carbocycles. The van der Waals surface area contributed by atoms with Crippen molar-refractivity contribution in [3.63, 3.8) is 0 Å². The normalized spacial score (nSPS) is 13.8. The minimum atomic E-state index is -0.354. The van der Waals surface area contributed by atoms with Crippen LogP contribution < -0.4 is 0 Å². The van der Waals surface area contributed by atoms with Gasteiger partial charge in [-0.2, -0.15) is 0 Å². The predicted octanol–water partition coefficient (Wildman–Crippen LogP) is 4.18. The first-order valence-electron chi connectivity index (χ1n) is 8.45. The first-order chi connectivity index (χ1) is 12.7. The molecule has 4 rings (SSSR count). The predicted molar refractivity (Wildman–Crippen MR) is 96.7 cm³/mol. The maximum atomic E-state index is 13.0. The molecule has 0 saturated heterocycles. The molecule has 0 fully saturated rings. The zero-order valence-corrected chi connectivity index (χ0v) is 14.1. The molecule has 1 aliphatic heterocycles. The minimum absolute atomic E-state index is 0.131. The number of nitrogens with zero attached hydrogens (tertiary/aromatic N) is 2. The molecule has 0 bridgehead atoms. The smallest absolute Gasteiger partial charge is 0.254 e. The Morgan fingerprint density at radius 3 is 2.62 bits per heavy atom. The van der Waals surface area contributed by atoms with E-state index in [-0.39, 0.29) is 11.7 Å². The van der Waals surface area contributed by atoms with Crippen LogP contribution in [0, 0.1) is 5.82 Å². The molecule has 2 heterocycles. The summed E-state index contributed by atoms with van der Waals surface area (Å²) >= 11 is 0. The van der Waals surface area contributed by atoms with E-state index in [4.69, 9.17) is 4.42 Å². The van der Waals surface area contributed by atoms with Gasteiger partial charge in [-0.25, -0.2) is 9.37 Å². The highest BCUT2D eigenvalue weighted by atomic mass is 19.1. The average molecular weight is 348 g/mol. The highest BCUT2D eigenvalue weighted by Crippen LogP contribution is 2.22. The van der Waals surface area contributed by atoms with Crippen molar-refractivity contribution in [1.82, 2.24) is 9.88 Å². The molecule has 0 aliphatic carbocycles. The van der Waals surface area contributed by atoms with E-state index in [0.29, 0.717) is 36.7 Å². The highest BCUT2D eigenvalue weighted by Gasteiger charge is 2.25. The molecule has 1 aliphatic rings. The third-order valence-electron chi connectivity index (χ3n) is 4.34. The van der Waals surface area contributed by atoms with E-state index in [2.05, 4.69) is 4.98 Å². The van der Waals surface area contributed by atoms with Crippen molar-refractivity contribution in [3.8, 4) is 0 Å². The molecule has 4 nitrogen and oxygen atoms in total. The number of amides is 1. The van der Waals surface area contributed by atoms with Crippen LogP contribution >= 0.6 is 0 Å². The van der Waals surface area contributed by atoms with Crippen LogP contribution in [0.1, 0.15) is 33.3 Å².